The van der Waals surface area contributed by atoms with Crippen LogP contribution in [0.25, 0.3) is 5.76 Å². The molecule has 0 aliphatic carbocycles. The number of carbonyl (C=O) groups excluding carboxylic acids is 2. The van der Waals surface area contributed by atoms with E-state index in [2.05, 4.69) is 5.16 Å². The van der Waals surface area contributed by atoms with E-state index in [0.717, 1.165) is 6.42 Å². The summed E-state index contributed by atoms with van der Waals surface area (Å²) in [7, 11) is 1.47. The summed E-state index contributed by atoms with van der Waals surface area (Å²) in [5.41, 5.74) is 0.734. The highest BCUT2D eigenvalue weighted by atomic mass is 35.5. The molecule has 2 aromatic carbocycles. The molecule has 176 valence electrons. The molecule has 1 fully saturated rings. The number of aliphatic hydroxyl groups excluding tert-OH is 1. The molecule has 0 spiro atoms. The van der Waals surface area contributed by atoms with Crippen LogP contribution in [0.5, 0.6) is 11.5 Å². The summed E-state index contributed by atoms with van der Waals surface area (Å²) < 4.78 is 16.1. The number of rotatable bonds is 7. The number of anilines is 1. The number of aliphatic hydroxyl groups is 1. The van der Waals surface area contributed by atoms with Gasteiger partial charge in [0.25, 0.3) is 5.78 Å². The number of amides is 1. The SMILES string of the molecule is CCCOc1cccc([C@@H]2/C(=C(\O)c3ccc(OC)c(Cl)c3)C(=O)C(=O)N2c2cc(C)on2)c1. The average Bonchev–Trinajstić information content (AvgIpc) is 3.37. The fourth-order valence-corrected chi connectivity index (χ4v) is 4.07. The molecule has 2 heterocycles. The maximum absolute atomic E-state index is 13.2. The Bertz CT molecular complexity index is 1280. The minimum Gasteiger partial charge on any atom is -0.507 e. The van der Waals surface area contributed by atoms with Crippen LogP contribution in [0.3, 0.4) is 0 Å². The van der Waals surface area contributed by atoms with Crippen molar-refractivity contribution in [2.75, 3.05) is 18.6 Å². The van der Waals surface area contributed by atoms with Gasteiger partial charge in [-0.25, -0.2) is 0 Å². The number of hydrogen-bond acceptors (Lipinski definition) is 7. The molecule has 9 heteroatoms. The Morgan fingerprint density at radius 2 is 2.00 bits per heavy atom. The summed E-state index contributed by atoms with van der Waals surface area (Å²) in [4.78, 5) is 27.6. The number of aryl methyl sites for hydroxylation is 1. The van der Waals surface area contributed by atoms with E-state index in [0.29, 0.717) is 29.4 Å². The Morgan fingerprint density at radius 1 is 1.21 bits per heavy atom. The summed E-state index contributed by atoms with van der Waals surface area (Å²) in [6, 6.07) is 12.2. The number of aromatic nitrogens is 1. The Balaban J connectivity index is 1.90. The van der Waals surface area contributed by atoms with Gasteiger partial charge in [-0.3, -0.25) is 14.5 Å². The minimum absolute atomic E-state index is 0.0977. The first-order valence-corrected chi connectivity index (χ1v) is 11.0. The van der Waals surface area contributed by atoms with Gasteiger partial charge in [-0.1, -0.05) is 35.8 Å². The van der Waals surface area contributed by atoms with Crippen LogP contribution in [-0.4, -0.2) is 35.7 Å². The van der Waals surface area contributed by atoms with Crippen LogP contribution in [0.1, 0.15) is 36.3 Å². The molecule has 1 atom stereocenters. The molecule has 1 aromatic heterocycles. The van der Waals surface area contributed by atoms with Crippen molar-refractivity contribution in [1.82, 2.24) is 5.16 Å². The van der Waals surface area contributed by atoms with E-state index in [1.54, 1.807) is 49.4 Å². The summed E-state index contributed by atoms with van der Waals surface area (Å²) in [5.74, 6) is -0.429. The number of carbonyl (C=O) groups is 2. The molecule has 0 bridgehead atoms. The lowest BCUT2D eigenvalue weighted by molar-refractivity contribution is -0.132. The Labute approximate surface area is 201 Å². The fourth-order valence-electron chi connectivity index (χ4n) is 3.81. The Hall–Kier alpha value is -3.78. The minimum atomic E-state index is -0.962. The van der Waals surface area contributed by atoms with E-state index in [1.165, 1.54) is 18.1 Å². The zero-order valence-corrected chi connectivity index (χ0v) is 19.6. The molecule has 34 heavy (non-hydrogen) atoms. The van der Waals surface area contributed by atoms with Crippen molar-refractivity contribution < 1.29 is 28.7 Å². The number of halogens is 1. The van der Waals surface area contributed by atoms with E-state index in [-0.39, 0.29) is 27.7 Å². The Morgan fingerprint density at radius 3 is 2.65 bits per heavy atom. The van der Waals surface area contributed by atoms with Gasteiger partial charge in [0.2, 0.25) is 0 Å². The van der Waals surface area contributed by atoms with Gasteiger partial charge >= 0.3 is 5.91 Å². The summed E-state index contributed by atoms with van der Waals surface area (Å²) in [5, 5.41) is 15.4. The van der Waals surface area contributed by atoms with Crippen LogP contribution in [0.15, 0.2) is 58.6 Å². The van der Waals surface area contributed by atoms with Gasteiger partial charge < -0.3 is 19.1 Å². The van der Waals surface area contributed by atoms with Crippen molar-refractivity contribution in [2.45, 2.75) is 26.3 Å². The number of benzene rings is 2. The third-order valence-electron chi connectivity index (χ3n) is 5.38. The van der Waals surface area contributed by atoms with Gasteiger partial charge in [0.1, 0.15) is 23.0 Å². The number of Topliss-reactive ketones (excluding diaryl/α,β-unsaturated/α-hetero) is 1. The molecule has 0 radical (unpaired) electrons. The zero-order chi connectivity index (χ0) is 24.4. The van der Waals surface area contributed by atoms with Gasteiger partial charge in [-0.2, -0.15) is 0 Å². The second-order valence-corrected chi connectivity index (χ2v) is 8.14. The number of ether oxygens (including phenoxy) is 2. The van der Waals surface area contributed by atoms with Crippen molar-refractivity contribution in [2.24, 2.45) is 0 Å². The molecule has 4 rings (SSSR count). The van der Waals surface area contributed by atoms with Gasteiger partial charge in [0.05, 0.1) is 30.4 Å². The molecule has 8 nitrogen and oxygen atoms in total. The molecule has 1 N–H and O–H groups in total. The second-order valence-electron chi connectivity index (χ2n) is 7.74. The van der Waals surface area contributed by atoms with Crippen LogP contribution >= 0.6 is 11.6 Å². The van der Waals surface area contributed by atoms with Crippen molar-refractivity contribution >= 4 is 34.9 Å². The maximum Gasteiger partial charge on any atom is 0.301 e. The van der Waals surface area contributed by atoms with Gasteiger partial charge in [0, 0.05) is 11.6 Å². The molecule has 0 saturated carbocycles. The van der Waals surface area contributed by atoms with Crippen molar-refractivity contribution in [1.29, 1.82) is 0 Å². The molecule has 1 aliphatic heterocycles. The number of hydrogen-bond donors (Lipinski definition) is 1. The highest BCUT2D eigenvalue weighted by molar-refractivity contribution is 6.51. The molecule has 1 aliphatic rings. The first-order valence-electron chi connectivity index (χ1n) is 10.7. The molecular weight excluding hydrogens is 460 g/mol. The van der Waals surface area contributed by atoms with Crippen LogP contribution in [0, 0.1) is 6.92 Å². The highest BCUT2D eigenvalue weighted by Gasteiger charge is 2.48. The van der Waals surface area contributed by atoms with E-state index >= 15 is 0 Å². The van der Waals surface area contributed by atoms with Crippen molar-refractivity contribution in [3.05, 3.63) is 76.0 Å². The topological polar surface area (TPSA) is 102 Å². The van der Waals surface area contributed by atoms with Crippen LogP contribution < -0.4 is 14.4 Å². The first-order chi connectivity index (χ1) is 16.3. The highest BCUT2D eigenvalue weighted by Crippen LogP contribution is 2.43. The molecular formula is C25H23ClN2O6. The second kappa shape index (κ2) is 9.61. The maximum atomic E-state index is 13.2. The smallest absolute Gasteiger partial charge is 0.301 e. The van der Waals surface area contributed by atoms with E-state index in [9.17, 15) is 14.7 Å². The zero-order valence-electron chi connectivity index (χ0n) is 18.9. The predicted octanol–water partition coefficient (Wildman–Crippen LogP) is 5.06. The summed E-state index contributed by atoms with van der Waals surface area (Å²) in [6.45, 7) is 4.18. The van der Waals surface area contributed by atoms with E-state index < -0.39 is 17.7 Å². The van der Waals surface area contributed by atoms with Crippen LogP contribution in [0.4, 0.5) is 5.82 Å². The van der Waals surface area contributed by atoms with Gasteiger partial charge in [-0.15, -0.1) is 0 Å². The largest absolute Gasteiger partial charge is 0.507 e. The van der Waals surface area contributed by atoms with Crippen LogP contribution in [-0.2, 0) is 9.59 Å². The van der Waals surface area contributed by atoms with E-state index in [1.807, 2.05) is 6.92 Å². The van der Waals surface area contributed by atoms with E-state index in [4.69, 9.17) is 25.6 Å². The van der Waals surface area contributed by atoms with Gasteiger partial charge in [0.15, 0.2) is 5.82 Å². The fraction of sp³-hybridized carbons (Fsp3) is 0.240. The standard InChI is InChI=1S/C25H23ClN2O6/c1-4-10-33-17-7-5-6-15(12-17)22-21(23(29)16-8-9-19(32-3)18(26)13-16)24(30)25(31)28(22)20-11-14(2)34-27-20/h5-9,11-13,22,29H,4,10H2,1-3H3/b23-21+/t22-/m1/s1. The first kappa shape index (κ1) is 23.4. The summed E-state index contributed by atoms with van der Waals surface area (Å²) in [6.07, 6.45) is 0.819. The molecule has 1 amide bonds. The monoisotopic (exact) mass is 482 g/mol. The Kier molecular flexibility index (Phi) is 6.61. The van der Waals surface area contributed by atoms with Crippen molar-refractivity contribution in [3.8, 4) is 11.5 Å². The van der Waals surface area contributed by atoms with Crippen molar-refractivity contribution in [3.63, 3.8) is 0 Å². The predicted molar refractivity (Wildman–Crippen MR) is 126 cm³/mol. The lowest BCUT2D eigenvalue weighted by Crippen LogP contribution is -2.29. The lowest BCUT2D eigenvalue weighted by Gasteiger charge is -2.23. The molecule has 0 unspecified atom stereocenters. The van der Waals surface area contributed by atoms with Crippen LogP contribution in [0.2, 0.25) is 5.02 Å². The number of ketones is 1. The summed E-state index contributed by atoms with van der Waals surface area (Å²) >= 11 is 6.24. The quantitative estimate of drug-likeness (QED) is 0.285. The van der Waals surface area contributed by atoms with Gasteiger partial charge in [-0.05, 0) is 49.2 Å². The number of methoxy groups -OCH3 is 1. The average molecular weight is 483 g/mol. The lowest BCUT2D eigenvalue weighted by atomic mass is 9.95. The third-order valence-corrected chi connectivity index (χ3v) is 5.67. The third kappa shape index (κ3) is 4.24. The normalized spacial score (nSPS) is 17.3. The molecule has 1 saturated heterocycles. The number of nitrogens with zero attached hydrogens (tertiary/aromatic N) is 2. The molecule has 3 aromatic rings.